The first-order chi connectivity index (χ1) is 5.96. The second kappa shape index (κ2) is 3.68. The van der Waals surface area contributed by atoms with Crippen LogP contribution in [0.25, 0.3) is 0 Å². The van der Waals surface area contributed by atoms with Crippen molar-refractivity contribution in [2.75, 3.05) is 6.54 Å². The number of rotatable bonds is 2. The number of carbonyl (C=O) groups excluding carboxylic acids is 1. The van der Waals surface area contributed by atoms with E-state index in [0.29, 0.717) is 18.0 Å². The van der Waals surface area contributed by atoms with Crippen LogP contribution >= 0.6 is 11.6 Å². The normalized spacial score (nSPS) is 29.2. The Balaban J connectivity index is 2.75. The number of carbonyl (C=O) groups is 1. The van der Waals surface area contributed by atoms with Gasteiger partial charge in [-0.05, 0) is 19.3 Å². The fraction of sp³-hybridized carbons (Fsp3) is 0.667. The van der Waals surface area contributed by atoms with Crippen LogP contribution in [0, 0.1) is 5.41 Å². The molecule has 13 heavy (non-hydrogen) atoms. The number of hydrogen-bond acceptors (Lipinski definition) is 2. The average Bonchev–Trinajstić information content (AvgIpc) is 1.99. The molecule has 1 heterocycles. The molecule has 0 radical (unpaired) electrons. The molecule has 1 fully saturated rings. The molecule has 0 aromatic carbocycles. The van der Waals surface area contributed by atoms with E-state index >= 15 is 0 Å². The quantitative estimate of drug-likeness (QED) is 0.699. The molecule has 0 aromatic heterocycles. The van der Waals surface area contributed by atoms with Crippen LogP contribution in [0.3, 0.4) is 0 Å². The second-order valence-electron chi connectivity index (χ2n) is 3.79. The molecule has 0 spiro atoms. The van der Waals surface area contributed by atoms with Crippen LogP contribution in [-0.4, -0.2) is 22.7 Å². The summed E-state index contributed by atoms with van der Waals surface area (Å²) < 4.78 is 0. The molecule has 1 atom stereocenters. The summed E-state index contributed by atoms with van der Waals surface area (Å²) in [5, 5.41) is 10.5. The highest BCUT2D eigenvalue weighted by Crippen LogP contribution is 2.36. The molecule has 1 unspecified atom stereocenters. The monoisotopic (exact) mass is 203 g/mol. The van der Waals surface area contributed by atoms with Gasteiger partial charge in [-0.15, -0.1) is 0 Å². The predicted molar refractivity (Wildman–Crippen MR) is 50.5 cm³/mol. The van der Waals surface area contributed by atoms with Gasteiger partial charge in [0.1, 0.15) is 0 Å². The first-order valence-corrected chi connectivity index (χ1v) is 4.68. The van der Waals surface area contributed by atoms with Crippen LogP contribution < -0.4 is 0 Å². The van der Waals surface area contributed by atoms with Crippen molar-refractivity contribution in [3.63, 3.8) is 0 Å². The molecule has 74 valence electrons. The van der Waals surface area contributed by atoms with E-state index in [0.717, 1.165) is 17.9 Å². The van der Waals surface area contributed by atoms with Crippen molar-refractivity contribution >= 4 is 17.5 Å². The van der Waals surface area contributed by atoms with Crippen molar-refractivity contribution in [2.24, 2.45) is 5.41 Å². The van der Waals surface area contributed by atoms with Gasteiger partial charge in [0.2, 0.25) is 0 Å². The summed E-state index contributed by atoms with van der Waals surface area (Å²) in [5.41, 5.74) is -0.564. The molecule has 0 aromatic rings. The zero-order valence-electron chi connectivity index (χ0n) is 7.72. The van der Waals surface area contributed by atoms with Gasteiger partial charge in [0.15, 0.2) is 0 Å². The van der Waals surface area contributed by atoms with Crippen LogP contribution in [-0.2, 0) is 4.79 Å². The lowest BCUT2D eigenvalue weighted by molar-refractivity contribution is -0.183. The summed E-state index contributed by atoms with van der Waals surface area (Å²) in [6.07, 6.45) is 2.00. The van der Waals surface area contributed by atoms with Gasteiger partial charge in [-0.1, -0.05) is 25.1 Å². The summed E-state index contributed by atoms with van der Waals surface area (Å²) in [6, 6.07) is 0. The SMILES string of the molecule is C=C(Cl)CC1(C)CCCN(O)C1=O. The summed E-state index contributed by atoms with van der Waals surface area (Å²) in [7, 11) is 0. The Kier molecular flexibility index (Phi) is 2.98. The van der Waals surface area contributed by atoms with Gasteiger partial charge < -0.3 is 0 Å². The van der Waals surface area contributed by atoms with Crippen molar-refractivity contribution in [3.05, 3.63) is 11.6 Å². The van der Waals surface area contributed by atoms with Crippen molar-refractivity contribution in [1.29, 1.82) is 0 Å². The highest BCUT2D eigenvalue weighted by Gasteiger charge is 2.39. The van der Waals surface area contributed by atoms with E-state index in [-0.39, 0.29) is 5.91 Å². The number of nitrogens with zero attached hydrogens (tertiary/aromatic N) is 1. The fourth-order valence-corrected chi connectivity index (χ4v) is 2.02. The Hall–Kier alpha value is -0.540. The van der Waals surface area contributed by atoms with Crippen LogP contribution in [0.4, 0.5) is 0 Å². The summed E-state index contributed by atoms with van der Waals surface area (Å²) >= 11 is 5.67. The van der Waals surface area contributed by atoms with E-state index in [9.17, 15) is 10.0 Å². The van der Waals surface area contributed by atoms with Crippen molar-refractivity contribution < 1.29 is 10.0 Å². The van der Waals surface area contributed by atoms with Gasteiger partial charge in [-0.3, -0.25) is 10.0 Å². The molecule has 0 aliphatic carbocycles. The lowest BCUT2D eigenvalue weighted by Crippen LogP contribution is -2.45. The van der Waals surface area contributed by atoms with Crippen LogP contribution in [0.15, 0.2) is 11.6 Å². The first kappa shape index (κ1) is 10.5. The summed E-state index contributed by atoms with van der Waals surface area (Å²) in [5.74, 6) is -0.249. The molecule has 0 bridgehead atoms. The van der Waals surface area contributed by atoms with E-state index < -0.39 is 5.41 Å². The summed E-state index contributed by atoms with van der Waals surface area (Å²) in [6.45, 7) is 5.80. The first-order valence-electron chi connectivity index (χ1n) is 4.30. The van der Waals surface area contributed by atoms with Crippen molar-refractivity contribution in [2.45, 2.75) is 26.2 Å². The van der Waals surface area contributed by atoms with E-state index in [1.54, 1.807) is 0 Å². The Morgan fingerprint density at radius 1 is 1.85 bits per heavy atom. The third-order valence-electron chi connectivity index (χ3n) is 2.43. The summed E-state index contributed by atoms with van der Waals surface area (Å²) in [4.78, 5) is 11.6. The standard InChI is InChI=1S/C9H14ClNO2/c1-7(10)6-9(2)4-3-5-11(13)8(9)12/h13H,1,3-6H2,2H3. The fourth-order valence-electron chi connectivity index (χ4n) is 1.73. The number of piperidine rings is 1. The minimum absolute atomic E-state index is 0.249. The number of hydrogen-bond donors (Lipinski definition) is 1. The Bertz CT molecular complexity index is 242. The van der Waals surface area contributed by atoms with Gasteiger partial charge in [0.05, 0.1) is 5.41 Å². The number of hydroxylamine groups is 2. The molecule has 4 heteroatoms. The maximum atomic E-state index is 11.6. The minimum atomic E-state index is -0.564. The van der Waals surface area contributed by atoms with Crippen LogP contribution in [0.2, 0.25) is 0 Å². The van der Waals surface area contributed by atoms with Crippen LogP contribution in [0.5, 0.6) is 0 Å². The topological polar surface area (TPSA) is 40.5 Å². The maximum absolute atomic E-state index is 11.6. The molecular formula is C9H14ClNO2. The lowest BCUT2D eigenvalue weighted by Gasteiger charge is -2.35. The maximum Gasteiger partial charge on any atom is 0.252 e. The van der Waals surface area contributed by atoms with Gasteiger partial charge >= 0.3 is 0 Å². The molecule has 1 aliphatic rings. The third kappa shape index (κ3) is 2.23. The van der Waals surface area contributed by atoms with E-state index in [1.807, 2.05) is 6.92 Å². The third-order valence-corrected chi connectivity index (χ3v) is 2.56. The zero-order valence-corrected chi connectivity index (χ0v) is 8.47. The molecular weight excluding hydrogens is 190 g/mol. The molecule has 3 nitrogen and oxygen atoms in total. The van der Waals surface area contributed by atoms with Crippen molar-refractivity contribution in [1.82, 2.24) is 5.06 Å². The molecule has 1 saturated heterocycles. The van der Waals surface area contributed by atoms with Gasteiger partial charge in [-0.2, -0.15) is 0 Å². The molecule has 1 N–H and O–H groups in total. The van der Waals surface area contributed by atoms with E-state index in [1.165, 1.54) is 0 Å². The largest absolute Gasteiger partial charge is 0.286 e. The number of allylic oxidation sites excluding steroid dienone is 1. The molecule has 1 aliphatic heterocycles. The lowest BCUT2D eigenvalue weighted by atomic mass is 9.79. The molecule has 1 amide bonds. The predicted octanol–water partition coefficient (Wildman–Crippen LogP) is 2.15. The zero-order chi connectivity index (χ0) is 10.1. The highest BCUT2D eigenvalue weighted by atomic mass is 35.5. The minimum Gasteiger partial charge on any atom is -0.286 e. The Labute approximate surface area is 82.9 Å². The van der Waals surface area contributed by atoms with Gasteiger partial charge in [0.25, 0.3) is 5.91 Å². The molecule has 0 saturated carbocycles. The number of amides is 1. The van der Waals surface area contributed by atoms with Crippen LogP contribution in [0.1, 0.15) is 26.2 Å². The van der Waals surface area contributed by atoms with E-state index in [2.05, 4.69) is 6.58 Å². The van der Waals surface area contributed by atoms with Gasteiger partial charge in [-0.25, -0.2) is 5.06 Å². The second-order valence-corrected chi connectivity index (χ2v) is 4.32. The van der Waals surface area contributed by atoms with Gasteiger partial charge in [0, 0.05) is 11.6 Å². The van der Waals surface area contributed by atoms with E-state index in [4.69, 9.17) is 11.6 Å². The number of halogens is 1. The smallest absolute Gasteiger partial charge is 0.252 e. The average molecular weight is 204 g/mol. The Morgan fingerprint density at radius 3 is 3.00 bits per heavy atom. The van der Waals surface area contributed by atoms with Crippen molar-refractivity contribution in [3.8, 4) is 0 Å². The molecule has 1 rings (SSSR count). The highest BCUT2D eigenvalue weighted by molar-refractivity contribution is 6.29. The Morgan fingerprint density at radius 2 is 2.46 bits per heavy atom.